The molecule has 1 heterocycles. The van der Waals surface area contributed by atoms with Crippen LogP contribution in [0.1, 0.15) is 50.2 Å². The van der Waals surface area contributed by atoms with Gasteiger partial charge in [-0.25, -0.2) is 4.79 Å². The normalized spacial score (nSPS) is 16.0. The highest BCUT2D eigenvalue weighted by Gasteiger charge is 2.17. The summed E-state index contributed by atoms with van der Waals surface area (Å²) in [6.45, 7) is 6.87. The zero-order chi connectivity index (χ0) is 20.1. The van der Waals surface area contributed by atoms with E-state index in [-0.39, 0.29) is 18.5 Å². The van der Waals surface area contributed by atoms with Gasteiger partial charge in [0.15, 0.2) is 6.61 Å². The number of carbonyl (C=O) groups excluding carboxylic acids is 2. The Morgan fingerprint density at radius 1 is 1.04 bits per heavy atom. The summed E-state index contributed by atoms with van der Waals surface area (Å²) >= 11 is 0. The SMILES string of the molecule is Cc1cc(C)c(C(=O)COC(=O)c2ccc(OC[C@@H]3CCCO3)cc2)cc1C. The molecule has 2 aromatic carbocycles. The van der Waals surface area contributed by atoms with E-state index in [1.54, 1.807) is 24.3 Å². The molecule has 0 aliphatic carbocycles. The molecule has 0 spiro atoms. The van der Waals surface area contributed by atoms with E-state index >= 15 is 0 Å². The first-order chi connectivity index (χ1) is 13.4. The van der Waals surface area contributed by atoms with Crippen LogP contribution in [0.3, 0.4) is 0 Å². The second-order valence-electron chi connectivity index (χ2n) is 7.22. The molecule has 148 valence electrons. The molecule has 0 amide bonds. The summed E-state index contributed by atoms with van der Waals surface area (Å²) in [6.07, 6.45) is 2.22. The highest BCUT2D eigenvalue weighted by Crippen LogP contribution is 2.18. The molecule has 1 aliphatic heterocycles. The first kappa shape index (κ1) is 20.1. The average Bonchev–Trinajstić information content (AvgIpc) is 3.21. The third kappa shape index (κ3) is 4.98. The zero-order valence-electron chi connectivity index (χ0n) is 16.6. The fourth-order valence-electron chi connectivity index (χ4n) is 3.21. The molecule has 0 bridgehead atoms. The Balaban J connectivity index is 1.53. The summed E-state index contributed by atoms with van der Waals surface area (Å²) in [7, 11) is 0. The van der Waals surface area contributed by atoms with Crippen LogP contribution in [0.15, 0.2) is 36.4 Å². The monoisotopic (exact) mass is 382 g/mol. The van der Waals surface area contributed by atoms with Gasteiger partial charge in [-0.1, -0.05) is 6.07 Å². The fourth-order valence-corrected chi connectivity index (χ4v) is 3.21. The van der Waals surface area contributed by atoms with E-state index in [1.165, 1.54) is 0 Å². The van der Waals surface area contributed by atoms with Gasteiger partial charge in [0.25, 0.3) is 0 Å². The van der Waals surface area contributed by atoms with Crippen LogP contribution in [-0.4, -0.2) is 37.7 Å². The van der Waals surface area contributed by atoms with Crippen molar-refractivity contribution in [3.05, 3.63) is 64.2 Å². The highest BCUT2D eigenvalue weighted by molar-refractivity contribution is 6.00. The summed E-state index contributed by atoms with van der Waals surface area (Å²) in [4.78, 5) is 24.7. The first-order valence-electron chi connectivity index (χ1n) is 9.56. The number of ketones is 1. The molecular weight excluding hydrogens is 356 g/mol. The van der Waals surface area contributed by atoms with Crippen LogP contribution in [0.4, 0.5) is 0 Å². The minimum absolute atomic E-state index is 0.143. The number of ether oxygens (including phenoxy) is 3. The summed E-state index contributed by atoms with van der Waals surface area (Å²) in [5.74, 6) is -0.0557. The van der Waals surface area contributed by atoms with Crippen LogP contribution in [0.25, 0.3) is 0 Å². The summed E-state index contributed by atoms with van der Waals surface area (Å²) < 4.78 is 16.4. The molecular formula is C23H26O5. The molecule has 0 aromatic heterocycles. The molecule has 0 unspecified atom stereocenters. The zero-order valence-corrected chi connectivity index (χ0v) is 16.6. The molecule has 0 saturated carbocycles. The molecule has 3 rings (SSSR count). The van der Waals surface area contributed by atoms with Crippen molar-refractivity contribution >= 4 is 11.8 Å². The average molecular weight is 382 g/mol. The number of esters is 1. The second kappa shape index (κ2) is 9.02. The fraction of sp³-hybridized carbons (Fsp3) is 0.391. The van der Waals surface area contributed by atoms with Crippen LogP contribution in [0.5, 0.6) is 5.75 Å². The van der Waals surface area contributed by atoms with Gasteiger partial charge in [0, 0.05) is 12.2 Å². The maximum atomic E-state index is 12.4. The molecule has 1 aliphatic rings. The van der Waals surface area contributed by atoms with E-state index in [2.05, 4.69) is 0 Å². The number of benzene rings is 2. The molecule has 1 fully saturated rings. The number of Topliss-reactive ketones (excluding diaryl/α,β-unsaturated/α-hetero) is 1. The Labute approximate surface area is 165 Å². The summed E-state index contributed by atoms with van der Waals surface area (Å²) in [5.41, 5.74) is 4.03. The van der Waals surface area contributed by atoms with Gasteiger partial charge >= 0.3 is 5.97 Å². The predicted octanol–water partition coefficient (Wildman–Crippen LogP) is 4.21. The van der Waals surface area contributed by atoms with Gasteiger partial charge in [-0.15, -0.1) is 0 Å². The number of carbonyl (C=O) groups is 2. The first-order valence-corrected chi connectivity index (χ1v) is 9.56. The maximum Gasteiger partial charge on any atom is 0.338 e. The Morgan fingerprint density at radius 2 is 1.75 bits per heavy atom. The van der Waals surface area contributed by atoms with Crippen molar-refractivity contribution < 1.29 is 23.8 Å². The molecule has 5 nitrogen and oxygen atoms in total. The Bertz CT molecular complexity index is 848. The van der Waals surface area contributed by atoms with E-state index in [1.807, 2.05) is 32.9 Å². The smallest absolute Gasteiger partial charge is 0.338 e. The lowest BCUT2D eigenvalue weighted by Crippen LogP contribution is -2.16. The van der Waals surface area contributed by atoms with E-state index in [9.17, 15) is 9.59 Å². The molecule has 0 radical (unpaired) electrons. The van der Waals surface area contributed by atoms with Crippen molar-refractivity contribution in [3.63, 3.8) is 0 Å². The largest absolute Gasteiger partial charge is 0.491 e. The minimum atomic E-state index is -0.527. The van der Waals surface area contributed by atoms with Gasteiger partial charge in [-0.2, -0.15) is 0 Å². The number of hydrogen-bond donors (Lipinski definition) is 0. The van der Waals surface area contributed by atoms with Crippen molar-refractivity contribution in [2.45, 2.75) is 39.7 Å². The molecule has 28 heavy (non-hydrogen) atoms. The summed E-state index contributed by atoms with van der Waals surface area (Å²) in [5, 5.41) is 0. The topological polar surface area (TPSA) is 61.8 Å². The third-order valence-corrected chi connectivity index (χ3v) is 5.03. The van der Waals surface area contributed by atoms with Crippen LogP contribution < -0.4 is 4.74 Å². The lowest BCUT2D eigenvalue weighted by molar-refractivity contribution is 0.0474. The van der Waals surface area contributed by atoms with Gasteiger partial charge in [-0.3, -0.25) is 4.79 Å². The van der Waals surface area contributed by atoms with E-state index in [0.29, 0.717) is 23.5 Å². The van der Waals surface area contributed by atoms with Crippen molar-refractivity contribution in [2.24, 2.45) is 0 Å². The van der Waals surface area contributed by atoms with Gasteiger partial charge in [0.1, 0.15) is 12.4 Å². The van der Waals surface area contributed by atoms with Crippen molar-refractivity contribution in [3.8, 4) is 5.75 Å². The number of hydrogen-bond acceptors (Lipinski definition) is 5. The van der Waals surface area contributed by atoms with Crippen molar-refractivity contribution in [1.29, 1.82) is 0 Å². The van der Waals surface area contributed by atoms with Crippen LogP contribution in [0, 0.1) is 20.8 Å². The molecule has 1 atom stereocenters. The molecule has 0 N–H and O–H groups in total. The standard InChI is InChI=1S/C23H26O5/c1-15-11-17(3)21(12-16(15)2)22(24)14-28-23(25)18-6-8-19(9-7-18)27-13-20-5-4-10-26-20/h6-9,11-12,20H,4-5,10,13-14H2,1-3H3/t20-/m0/s1. The highest BCUT2D eigenvalue weighted by atomic mass is 16.5. The van der Waals surface area contributed by atoms with Gasteiger partial charge in [0.05, 0.1) is 11.7 Å². The molecule has 5 heteroatoms. The van der Waals surface area contributed by atoms with E-state index < -0.39 is 5.97 Å². The van der Waals surface area contributed by atoms with Gasteiger partial charge in [0.2, 0.25) is 5.78 Å². The quantitative estimate of drug-likeness (QED) is 0.530. The van der Waals surface area contributed by atoms with E-state index in [4.69, 9.17) is 14.2 Å². The third-order valence-electron chi connectivity index (χ3n) is 5.03. The lowest BCUT2D eigenvalue weighted by atomic mass is 9.98. The minimum Gasteiger partial charge on any atom is -0.491 e. The number of aryl methyl sites for hydroxylation is 3. The Kier molecular flexibility index (Phi) is 6.47. The predicted molar refractivity (Wildman–Crippen MR) is 106 cm³/mol. The van der Waals surface area contributed by atoms with Crippen LogP contribution in [-0.2, 0) is 9.47 Å². The second-order valence-corrected chi connectivity index (χ2v) is 7.22. The van der Waals surface area contributed by atoms with Crippen molar-refractivity contribution in [1.82, 2.24) is 0 Å². The summed E-state index contributed by atoms with van der Waals surface area (Å²) in [6, 6.07) is 10.5. The number of rotatable bonds is 7. The van der Waals surface area contributed by atoms with E-state index in [0.717, 1.165) is 36.1 Å². The lowest BCUT2D eigenvalue weighted by Gasteiger charge is -2.12. The Morgan fingerprint density at radius 3 is 2.43 bits per heavy atom. The van der Waals surface area contributed by atoms with Gasteiger partial charge in [-0.05, 0) is 80.6 Å². The maximum absolute atomic E-state index is 12.4. The van der Waals surface area contributed by atoms with Crippen LogP contribution >= 0.6 is 0 Å². The Hall–Kier alpha value is -2.66. The van der Waals surface area contributed by atoms with Crippen molar-refractivity contribution in [2.75, 3.05) is 19.8 Å². The molecule has 1 saturated heterocycles. The van der Waals surface area contributed by atoms with Crippen LogP contribution in [0.2, 0.25) is 0 Å². The van der Waals surface area contributed by atoms with Gasteiger partial charge < -0.3 is 14.2 Å². The molecule has 2 aromatic rings.